The van der Waals surface area contributed by atoms with Gasteiger partial charge in [0.2, 0.25) is 5.13 Å². The van der Waals surface area contributed by atoms with E-state index in [1.54, 1.807) is 26.2 Å². The molecule has 29 heavy (non-hydrogen) atoms. The van der Waals surface area contributed by atoms with Crippen molar-refractivity contribution >= 4 is 33.8 Å². The van der Waals surface area contributed by atoms with E-state index in [4.69, 9.17) is 4.74 Å². The van der Waals surface area contributed by atoms with Gasteiger partial charge in [0.25, 0.3) is 5.91 Å². The molecule has 0 bridgehead atoms. The fourth-order valence-electron chi connectivity index (χ4n) is 2.76. The second-order valence-corrected chi connectivity index (χ2v) is 7.11. The molecule has 1 aromatic heterocycles. The number of thiazole rings is 1. The van der Waals surface area contributed by atoms with Crippen molar-refractivity contribution in [1.82, 2.24) is 4.98 Å². The molecule has 8 nitrogen and oxygen atoms in total. The number of carbonyl (C=O) groups excluding carboxylic acids is 1. The molecule has 0 spiro atoms. The molecular formula is C20H17N5O3S. The average Bonchev–Trinajstić information content (AvgIpc) is 3.32. The van der Waals surface area contributed by atoms with Gasteiger partial charge in [0.1, 0.15) is 11.5 Å². The second-order valence-electron chi connectivity index (χ2n) is 6.27. The lowest BCUT2D eigenvalue weighted by Gasteiger charge is -2.08. The van der Waals surface area contributed by atoms with Gasteiger partial charge in [-0.3, -0.25) is 4.79 Å². The lowest BCUT2D eigenvalue weighted by Crippen LogP contribution is -2.29. The van der Waals surface area contributed by atoms with Gasteiger partial charge in [-0.15, -0.1) is 11.3 Å². The molecule has 0 aliphatic carbocycles. The van der Waals surface area contributed by atoms with Gasteiger partial charge >= 0.3 is 0 Å². The summed E-state index contributed by atoms with van der Waals surface area (Å²) in [6.07, 6.45) is 0. The lowest BCUT2D eigenvalue weighted by molar-refractivity contribution is -0.117. The number of azo groups is 1. The first-order chi connectivity index (χ1) is 14.0. The van der Waals surface area contributed by atoms with E-state index in [1.807, 2.05) is 29.6 Å². The molecule has 0 radical (unpaired) electrons. The molecule has 1 N–H and O–H groups in total. The van der Waals surface area contributed by atoms with Crippen LogP contribution in [-0.4, -0.2) is 34.9 Å². The molecule has 0 saturated heterocycles. The van der Waals surface area contributed by atoms with E-state index in [-0.39, 0.29) is 11.7 Å². The number of hydrogen-bond acceptors (Lipinski definition) is 8. The SMILES string of the molecule is COc1ccc(-c2csc(N3N=C(C)C(N=Nc4cccc(O)c4)C3=O)n2)cc1. The number of methoxy groups -OCH3 is 1. The van der Waals surface area contributed by atoms with Gasteiger partial charge < -0.3 is 9.84 Å². The minimum absolute atomic E-state index is 0.0834. The number of hydrogen-bond donors (Lipinski definition) is 1. The van der Waals surface area contributed by atoms with Gasteiger partial charge in [0.05, 0.1) is 24.2 Å². The van der Waals surface area contributed by atoms with Crippen molar-refractivity contribution in [3.05, 3.63) is 53.9 Å². The summed E-state index contributed by atoms with van der Waals surface area (Å²) in [6.45, 7) is 1.72. The third-order valence-electron chi connectivity index (χ3n) is 4.27. The first kappa shape index (κ1) is 18.8. The summed E-state index contributed by atoms with van der Waals surface area (Å²) in [5, 5.41) is 25.6. The Morgan fingerprint density at radius 3 is 2.72 bits per heavy atom. The normalized spacial score (nSPS) is 16.5. The Kier molecular flexibility index (Phi) is 5.05. The van der Waals surface area contributed by atoms with E-state index in [0.29, 0.717) is 16.5 Å². The van der Waals surface area contributed by atoms with Crippen molar-refractivity contribution in [2.45, 2.75) is 13.0 Å². The van der Waals surface area contributed by atoms with Crippen molar-refractivity contribution < 1.29 is 14.6 Å². The van der Waals surface area contributed by atoms with Crippen LogP contribution >= 0.6 is 11.3 Å². The Hall–Kier alpha value is -3.59. The van der Waals surface area contributed by atoms with E-state index < -0.39 is 6.04 Å². The summed E-state index contributed by atoms with van der Waals surface area (Å²) in [7, 11) is 1.61. The van der Waals surface area contributed by atoms with E-state index in [0.717, 1.165) is 17.0 Å². The summed E-state index contributed by atoms with van der Waals surface area (Å²) >= 11 is 1.33. The zero-order valence-electron chi connectivity index (χ0n) is 15.7. The summed E-state index contributed by atoms with van der Waals surface area (Å²) in [5.41, 5.74) is 2.65. The molecule has 1 aliphatic rings. The molecule has 2 aromatic carbocycles. The molecule has 1 unspecified atom stereocenters. The van der Waals surface area contributed by atoms with Crippen LogP contribution in [-0.2, 0) is 4.79 Å². The summed E-state index contributed by atoms with van der Waals surface area (Å²) < 4.78 is 5.17. The topological polar surface area (TPSA) is 99.7 Å². The van der Waals surface area contributed by atoms with Crippen LogP contribution in [0.15, 0.2) is 69.2 Å². The van der Waals surface area contributed by atoms with Gasteiger partial charge in [0, 0.05) is 17.0 Å². The van der Waals surface area contributed by atoms with Crippen LogP contribution < -0.4 is 9.75 Å². The average molecular weight is 407 g/mol. The molecule has 3 aromatic rings. The van der Waals surface area contributed by atoms with Gasteiger partial charge in [-0.1, -0.05) is 6.07 Å². The predicted molar refractivity (Wildman–Crippen MR) is 111 cm³/mol. The smallest absolute Gasteiger partial charge is 0.282 e. The number of benzene rings is 2. The van der Waals surface area contributed by atoms with E-state index >= 15 is 0 Å². The molecule has 4 rings (SSSR count). The Morgan fingerprint density at radius 2 is 2.00 bits per heavy atom. The number of phenols is 1. The molecule has 2 heterocycles. The molecule has 0 fully saturated rings. The van der Waals surface area contributed by atoms with Gasteiger partial charge in [0.15, 0.2) is 6.04 Å². The number of aromatic nitrogens is 1. The largest absolute Gasteiger partial charge is 0.508 e. The molecule has 1 amide bonds. The molecular weight excluding hydrogens is 390 g/mol. The maximum Gasteiger partial charge on any atom is 0.282 e. The van der Waals surface area contributed by atoms with Crippen LogP contribution in [0.3, 0.4) is 0 Å². The maximum absolute atomic E-state index is 12.8. The van der Waals surface area contributed by atoms with Crippen LogP contribution in [0.5, 0.6) is 11.5 Å². The highest BCUT2D eigenvalue weighted by Gasteiger charge is 2.36. The number of carbonyl (C=O) groups is 1. The van der Waals surface area contributed by atoms with Crippen molar-refractivity contribution in [3.63, 3.8) is 0 Å². The van der Waals surface area contributed by atoms with Crippen LogP contribution in [0.2, 0.25) is 0 Å². The quantitative estimate of drug-likeness (QED) is 0.634. The van der Waals surface area contributed by atoms with Crippen LogP contribution in [0.4, 0.5) is 10.8 Å². The fourth-order valence-corrected chi connectivity index (χ4v) is 3.55. The second kappa shape index (κ2) is 7.80. The van der Waals surface area contributed by atoms with Gasteiger partial charge in [-0.25, -0.2) is 4.98 Å². The highest BCUT2D eigenvalue weighted by Crippen LogP contribution is 2.31. The summed E-state index contributed by atoms with van der Waals surface area (Å²) in [5.74, 6) is 0.529. The summed E-state index contributed by atoms with van der Waals surface area (Å²) in [4.78, 5) is 17.3. The standard InChI is InChI=1S/C20H17N5O3S/c1-12-18(23-22-14-4-3-5-15(26)10-14)19(27)25(24-12)20-21-17(11-29-20)13-6-8-16(28-2)9-7-13/h3-11,18,26H,1-2H3. The Bertz CT molecular complexity index is 1110. The van der Waals surface area contributed by atoms with Crippen molar-refractivity contribution in [2.24, 2.45) is 15.3 Å². The van der Waals surface area contributed by atoms with Gasteiger partial charge in [-0.2, -0.15) is 20.3 Å². The zero-order valence-corrected chi connectivity index (χ0v) is 16.5. The Morgan fingerprint density at radius 1 is 1.21 bits per heavy atom. The molecule has 146 valence electrons. The van der Waals surface area contributed by atoms with Crippen molar-refractivity contribution in [1.29, 1.82) is 0 Å². The number of amides is 1. The van der Waals surface area contributed by atoms with Crippen molar-refractivity contribution in [2.75, 3.05) is 12.1 Å². The predicted octanol–water partition coefficient (Wildman–Crippen LogP) is 4.40. The third-order valence-corrected chi connectivity index (χ3v) is 5.09. The molecule has 1 aliphatic heterocycles. The third kappa shape index (κ3) is 3.85. The number of phenolic OH excluding ortho intramolecular Hbond substituents is 1. The number of nitrogens with zero attached hydrogens (tertiary/aromatic N) is 5. The first-order valence-electron chi connectivity index (χ1n) is 8.74. The van der Waals surface area contributed by atoms with Gasteiger partial charge in [-0.05, 0) is 43.3 Å². The lowest BCUT2D eigenvalue weighted by atomic mass is 10.2. The molecule has 1 atom stereocenters. The maximum atomic E-state index is 12.8. The van der Waals surface area contributed by atoms with E-state index in [9.17, 15) is 9.90 Å². The Balaban J connectivity index is 1.53. The van der Waals surface area contributed by atoms with E-state index in [2.05, 4.69) is 20.3 Å². The van der Waals surface area contributed by atoms with Crippen LogP contribution in [0, 0.1) is 0 Å². The molecule has 9 heteroatoms. The highest BCUT2D eigenvalue weighted by atomic mass is 32.1. The number of anilines is 1. The monoisotopic (exact) mass is 407 g/mol. The van der Waals surface area contributed by atoms with Crippen LogP contribution in [0.1, 0.15) is 6.92 Å². The highest BCUT2D eigenvalue weighted by molar-refractivity contribution is 7.14. The fraction of sp³-hybridized carbons (Fsp3) is 0.150. The minimum atomic E-state index is -0.814. The summed E-state index contributed by atoms with van der Waals surface area (Å²) in [6, 6.07) is 13.1. The van der Waals surface area contributed by atoms with E-state index in [1.165, 1.54) is 28.5 Å². The first-order valence-corrected chi connectivity index (χ1v) is 9.62. The van der Waals surface area contributed by atoms with Crippen molar-refractivity contribution in [3.8, 4) is 22.8 Å². The molecule has 0 saturated carbocycles. The number of hydrazone groups is 1. The minimum Gasteiger partial charge on any atom is -0.508 e. The zero-order chi connectivity index (χ0) is 20.4. The Labute approximate surface area is 170 Å². The number of aromatic hydroxyl groups is 1. The number of ether oxygens (including phenoxy) is 1. The van der Waals surface area contributed by atoms with Crippen LogP contribution in [0.25, 0.3) is 11.3 Å². The number of rotatable bonds is 5.